The van der Waals surface area contributed by atoms with Crippen LogP contribution in [-0.4, -0.2) is 62.5 Å². The van der Waals surface area contributed by atoms with Gasteiger partial charge in [0.05, 0.1) is 33.9 Å². The summed E-state index contributed by atoms with van der Waals surface area (Å²) in [6.45, 7) is 0.448. The average Bonchev–Trinajstić information content (AvgIpc) is 2.35. The lowest BCUT2D eigenvalue weighted by atomic mass is 10.4. The van der Waals surface area contributed by atoms with Gasteiger partial charge in [0.25, 0.3) is 5.91 Å². The number of hydrazine groups is 1. The molecule has 0 aliphatic rings. The van der Waals surface area contributed by atoms with Crippen molar-refractivity contribution in [2.45, 2.75) is 6.92 Å². The summed E-state index contributed by atoms with van der Waals surface area (Å²) in [5.41, 5.74) is 4.20. The topological polar surface area (TPSA) is 114 Å². The first kappa shape index (κ1) is 16.8. The van der Waals surface area contributed by atoms with E-state index in [9.17, 15) is 19.2 Å². The zero-order valence-corrected chi connectivity index (χ0v) is 11.0. The first-order chi connectivity index (χ1) is 8.88. The number of carbonyl (C=O) groups is 4. The summed E-state index contributed by atoms with van der Waals surface area (Å²) in [5.74, 6) is -2.23. The molecule has 0 rings (SSSR count). The molecule has 108 valence electrons. The summed E-state index contributed by atoms with van der Waals surface area (Å²) < 4.78 is 8.88. The van der Waals surface area contributed by atoms with Crippen molar-refractivity contribution in [3.05, 3.63) is 0 Å². The normalized spacial score (nSPS) is 9.68. The van der Waals surface area contributed by atoms with Crippen LogP contribution in [0.1, 0.15) is 6.92 Å². The van der Waals surface area contributed by atoms with Crippen molar-refractivity contribution >= 4 is 23.8 Å². The second-order valence-electron chi connectivity index (χ2n) is 3.53. The van der Waals surface area contributed by atoms with Gasteiger partial charge in [0, 0.05) is 6.92 Å². The molecule has 0 unspecified atom stereocenters. The van der Waals surface area contributed by atoms with Gasteiger partial charge in [-0.2, -0.15) is 0 Å². The zero-order valence-electron chi connectivity index (χ0n) is 11.0. The Morgan fingerprint density at radius 2 is 1.37 bits per heavy atom. The van der Waals surface area contributed by atoms with Gasteiger partial charge in [-0.05, 0) is 0 Å². The second kappa shape index (κ2) is 8.86. The predicted octanol–water partition coefficient (Wildman–Crippen LogP) is -2.20. The Labute approximate surface area is 110 Å². The van der Waals surface area contributed by atoms with Crippen molar-refractivity contribution in [2.24, 2.45) is 0 Å². The third kappa shape index (κ3) is 8.55. The van der Waals surface area contributed by atoms with E-state index in [2.05, 4.69) is 20.3 Å². The minimum absolute atomic E-state index is 0.251. The Morgan fingerprint density at radius 3 is 1.74 bits per heavy atom. The Balaban J connectivity index is 4.39. The first-order valence-corrected chi connectivity index (χ1v) is 5.30. The van der Waals surface area contributed by atoms with Crippen molar-refractivity contribution in [3.63, 3.8) is 0 Å². The minimum atomic E-state index is -0.601. The molecular formula is C10H17N3O6. The highest BCUT2D eigenvalue weighted by Crippen LogP contribution is 1.91. The van der Waals surface area contributed by atoms with Crippen molar-refractivity contribution in [3.8, 4) is 0 Å². The monoisotopic (exact) mass is 275 g/mol. The second-order valence-corrected chi connectivity index (χ2v) is 3.53. The van der Waals surface area contributed by atoms with Crippen LogP contribution < -0.4 is 10.9 Å². The molecule has 0 spiro atoms. The lowest BCUT2D eigenvalue weighted by molar-refractivity contribution is -0.146. The Bertz CT molecular complexity index is 339. The number of nitrogens with zero attached hydrogens (tertiary/aromatic N) is 1. The van der Waals surface area contributed by atoms with Gasteiger partial charge in [-0.15, -0.1) is 0 Å². The van der Waals surface area contributed by atoms with Crippen molar-refractivity contribution in [1.82, 2.24) is 15.8 Å². The van der Waals surface area contributed by atoms with Crippen LogP contribution >= 0.6 is 0 Å². The maximum atomic E-state index is 11.4. The molecule has 9 heteroatoms. The molecule has 0 fully saturated rings. The highest BCUT2D eigenvalue weighted by molar-refractivity contribution is 5.83. The van der Waals surface area contributed by atoms with Crippen LogP contribution in [0, 0.1) is 0 Å². The van der Waals surface area contributed by atoms with Crippen LogP contribution in [0.2, 0.25) is 0 Å². The van der Waals surface area contributed by atoms with Crippen molar-refractivity contribution in [2.75, 3.05) is 33.9 Å². The molecule has 0 heterocycles. The van der Waals surface area contributed by atoms with E-state index in [-0.39, 0.29) is 19.6 Å². The number of ether oxygens (including phenoxy) is 2. The average molecular weight is 275 g/mol. The molecule has 0 saturated carbocycles. The summed E-state index contributed by atoms with van der Waals surface area (Å²) in [6, 6.07) is 0. The van der Waals surface area contributed by atoms with Gasteiger partial charge in [0.1, 0.15) is 0 Å². The number of hydrogen-bond acceptors (Lipinski definition) is 7. The number of amides is 2. The number of hydrogen-bond donors (Lipinski definition) is 2. The van der Waals surface area contributed by atoms with Crippen LogP contribution in [0.4, 0.5) is 0 Å². The van der Waals surface area contributed by atoms with Gasteiger partial charge >= 0.3 is 11.9 Å². The molecule has 0 radical (unpaired) electrons. The molecule has 2 amide bonds. The number of carbonyl (C=O) groups excluding carboxylic acids is 4. The van der Waals surface area contributed by atoms with E-state index in [0.29, 0.717) is 0 Å². The van der Waals surface area contributed by atoms with E-state index in [1.807, 2.05) is 0 Å². The highest BCUT2D eigenvalue weighted by Gasteiger charge is 2.18. The molecular weight excluding hydrogens is 258 g/mol. The smallest absolute Gasteiger partial charge is 0.319 e. The summed E-state index contributed by atoms with van der Waals surface area (Å²) in [7, 11) is 2.38. The van der Waals surface area contributed by atoms with E-state index in [0.717, 1.165) is 0 Å². The van der Waals surface area contributed by atoms with E-state index in [4.69, 9.17) is 0 Å². The third-order valence-electron chi connectivity index (χ3n) is 1.91. The molecule has 0 aromatic rings. The fourth-order valence-electron chi connectivity index (χ4n) is 1.06. The minimum Gasteiger partial charge on any atom is -0.468 e. The largest absolute Gasteiger partial charge is 0.468 e. The number of rotatable bonds is 6. The maximum absolute atomic E-state index is 11.4. The van der Waals surface area contributed by atoms with Crippen LogP contribution in [0.5, 0.6) is 0 Å². The van der Waals surface area contributed by atoms with Crippen molar-refractivity contribution < 1.29 is 28.7 Å². The Morgan fingerprint density at radius 1 is 0.895 bits per heavy atom. The molecule has 2 N–H and O–H groups in total. The zero-order chi connectivity index (χ0) is 14.8. The molecule has 0 aromatic heterocycles. The van der Waals surface area contributed by atoms with E-state index in [1.165, 1.54) is 26.0 Å². The van der Waals surface area contributed by atoms with Crippen LogP contribution in [0.3, 0.4) is 0 Å². The van der Waals surface area contributed by atoms with Gasteiger partial charge in [0.15, 0.2) is 0 Å². The Hall–Kier alpha value is -2.16. The number of nitrogens with one attached hydrogen (secondary N) is 2. The van der Waals surface area contributed by atoms with Gasteiger partial charge in [-0.1, -0.05) is 0 Å². The fraction of sp³-hybridized carbons (Fsp3) is 0.600. The lowest BCUT2D eigenvalue weighted by Crippen LogP contribution is -2.47. The molecule has 0 aromatic carbocycles. The molecule has 0 aliphatic carbocycles. The molecule has 9 nitrogen and oxygen atoms in total. The molecule has 19 heavy (non-hydrogen) atoms. The predicted molar refractivity (Wildman–Crippen MR) is 62.4 cm³/mol. The fourth-order valence-corrected chi connectivity index (χ4v) is 1.06. The summed E-state index contributed by atoms with van der Waals surface area (Å²) >= 11 is 0. The maximum Gasteiger partial charge on any atom is 0.319 e. The van der Waals surface area contributed by atoms with Crippen LogP contribution in [-0.2, 0) is 28.7 Å². The summed E-state index contributed by atoms with van der Waals surface area (Å²) in [5, 5.41) is 0. The molecule has 0 aliphatic heterocycles. The molecule has 0 bridgehead atoms. The van der Waals surface area contributed by atoms with Gasteiger partial charge in [0.2, 0.25) is 5.91 Å². The molecule has 0 atom stereocenters. The number of methoxy groups -OCH3 is 2. The van der Waals surface area contributed by atoms with Crippen LogP contribution in [0.15, 0.2) is 0 Å². The van der Waals surface area contributed by atoms with E-state index < -0.39 is 23.8 Å². The highest BCUT2D eigenvalue weighted by atomic mass is 16.5. The van der Waals surface area contributed by atoms with E-state index in [1.54, 1.807) is 0 Å². The first-order valence-electron chi connectivity index (χ1n) is 5.30. The summed E-state index contributed by atoms with van der Waals surface area (Å²) in [4.78, 5) is 45.5. The quantitative estimate of drug-likeness (QED) is 0.417. The standard InChI is InChI=1S/C10H17N3O6/c1-7(14)11-12-8(15)4-13(5-9(16)18-2)6-10(17)19-3/h4-6H2,1-3H3,(H,11,14)(H,12,15). The van der Waals surface area contributed by atoms with Crippen LogP contribution in [0.25, 0.3) is 0 Å². The lowest BCUT2D eigenvalue weighted by Gasteiger charge is -2.18. The van der Waals surface area contributed by atoms with E-state index >= 15 is 0 Å². The van der Waals surface area contributed by atoms with Crippen molar-refractivity contribution in [1.29, 1.82) is 0 Å². The summed E-state index contributed by atoms with van der Waals surface area (Å²) in [6.07, 6.45) is 0. The van der Waals surface area contributed by atoms with Gasteiger partial charge in [-0.25, -0.2) is 0 Å². The third-order valence-corrected chi connectivity index (χ3v) is 1.91. The number of esters is 2. The van der Waals surface area contributed by atoms with Gasteiger partial charge in [-0.3, -0.25) is 34.9 Å². The Kier molecular flexibility index (Phi) is 7.85. The van der Waals surface area contributed by atoms with Gasteiger partial charge < -0.3 is 9.47 Å². The molecule has 0 saturated heterocycles. The SMILES string of the molecule is COC(=O)CN(CC(=O)NNC(C)=O)CC(=O)OC.